The molecule has 0 aliphatic rings. The Morgan fingerprint density at radius 3 is 2.24 bits per heavy atom. The minimum Gasteiger partial charge on any atom is -0.425 e. The van der Waals surface area contributed by atoms with Gasteiger partial charge in [-0.25, -0.2) is 4.98 Å². The third-order valence-corrected chi connectivity index (χ3v) is 3.14. The fraction of sp³-hybridized carbons (Fsp3) is 0.133. The Balaban J connectivity index is 2.32. The highest BCUT2D eigenvalue weighted by Gasteiger charge is 2.15. The van der Waals surface area contributed by atoms with Crippen molar-refractivity contribution in [2.24, 2.45) is 0 Å². The van der Waals surface area contributed by atoms with Crippen LogP contribution in [0.25, 0.3) is 0 Å². The number of halogens is 1. The lowest BCUT2D eigenvalue weighted by Gasteiger charge is -2.20. The van der Waals surface area contributed by atoms with Gasteiger partial charge in [-0.2, -0.15) is 0 Å². The molecular formula is C15H13BrN2O3. The quantitative estimate of drug-likeness (QED) is 0.797. The number of aromatic nitrogens is 1. The van der Waals surface area contributed by atoms with Gasteiger partial charge >= 0.3 is 5.97 Å². The third kappa shape index (κ3) is 3.88. The summed E-state index contributed by atoms with van der Waals surface area (Å²) in [4.78, 5) is 28.4. The van der Waals surface area contributed by atoms with Crippen molar-refractivity contribution in [2.75, 3.05) is 4.90 Å². The normalized spacial score (nSPS) is 10.0. The SMILES string of the molecule is CC(=O)Oc1ccc(N(C(C)=O)c2ccc(Br)cc2)nc1. The van der Waals surface area contributed by atoms with E-state index in [1.54, 1.807) is 12.1 Å². The Morgan fingerprint density at radius 2 is 1.76 bits per heavy atom. The van der Waals surface area contributed by atoms with E-state index in [-0.39, 0.29) is 5.91 Å². The van der Waals surface area contributed by atoms with Gasteiger partial charge in [0.05, 0.1) is 11.9 Å². The number of benzene rings is 1. The van der Waals surface area contributed by atoms with Crippen LogP contribution >= 0.6 is 15.9 Å². The zero-order chi connectivity index (χ0) is 15.4. The van der Waals surface area contributed by atoms with E-state index >= 15 is 0 Å². The van der Waals surface area contributed by atoms with Gasteiger partial charge in [0.25, 0.3) is 0 Å². The Labute approximate surface area is 130 Å². The number of rotatable bonds is 3. The first-order valence-corrected chi connectivity index (χ1v) is 6.97. The Kier molecular flexibility index (Phi) is 4.70. The van der Waals surface area contributed by atoms with Crippen molar-refractivity contribution in [2.45, 2.75) is 13.8 Å². The van der Waals surface area contributed by atoms with Crippen LogP contribution in [0.5, 0.6) is 5.75 Å². The third-order valence-electron chi connectivity index (χ3n) is 2.61. The van der Waals surface area contributed by atoms with Gasteiger partial charge in [-0.05, 0) is 36.4 Å². The van der Waals surface area contributed by atoms with Crippen LogP contribution < -0.4 is 9.64 Å². The van der Waals surface area contributed by atoms with Gasteiger partial charge in [-0.1, -0.05) is 15.9 Å². The number of carbonyl (C=O) groups excluding carboxylic acids is 2. The summed E-state index contributed by atoms with van der Waals surface area (Å²) in [6, 6.07) is 10.5. The van der Waals surface area contributed by atoms with Crippen LogP contribution in [0.15, 0.2) is 47.1 Å². The summed E-state index contributed by atoms with van der Waals surface area (Å²) >= 11 is 3.35. The number of carbonyl (C=O) groups is 2. The number of nitrogens with zero attached hydrogens (tertiary/aromatic N) is 2. The van der Waals surface area contributed by atoms with E-state index in [1.807, 2.05) is 24.3 Å². The van der Waals surface area contributed by atoms with Crippen LogP contribution in [0.4, 0.5) is 11.5 Å². The predicted molar refractivity (Wildman–Crippen MR) is 82.5 cm³/mol. The first-order chi connectivity index (χ1) is 9.97. The standard InChI is InChI=1S/C15H13BrN2O3/c1-10(19)18(13-5-3-12(16)4-6-13)15-8-7-14(9-17-15)21-11(2)20/h3-9H,1-2H3. The monoisotopic (exact) mass is 348 g/mol. The summed E-state index contributed by atoms with van der Waals surface area (Å²) in [6.45, 7) is 2.78. The summed E-state index contributed by atoms with van der Waals surface area (Å²) in [7, 11) is 0. The van der Waals surface area contributed by atoms with Crippen molar-refractivity contribution < 1.29 is 14.3 Å². The van der Waals surface area contributed by atoms with Crippen molar-refractivity contribution in [3.63, 3.8) is 0 Å². The van der Waals surface area contributed by atoms with E-state index in [2.05, 4.69) is 20.9 Å². The number of ether oxygens (including phenoxy) is 1. The minimum absolute atomic E-state index is 0.162. The molecule has 1 aromatic carbocycles. The van der Waals surface area contributed by atoms with E-state index < -0.39 is 5.97 Å². The lowest BCUT2D eigenvalue weighted by atomic mass is 10.2. The van der Waals surface area contributed by atoms with Crippen molar-refractivity contribution in [3.8, 4) is 5.75 Å². The van der Waals surface area contributed by atoms with Gasteiger partial charge in [-0.15, -0.1) is 0 Å². The fourth-order valence-electron chi connectivity index (χ4n) is 1.80. The maximum Gasteiger partial charge on any atom is 0.308 e. The van der Waals surface area contributed by atoms with Crippen LogP contribution in [0.2, 0.25) is 0 Å². The second-order valence-electron chi connectivity index (χ2n) is 4.28. The maximum absolute atomic E-state index is 11.9. The second kappa shape index (κ2) is 6.49. The van der Waals surface area contributed by atoms with Gasteiger partial charge in [0.1, 0.15) is 11.6 Å². The molecule has 1 amide bonds. The topological polar surface area (TPSA) is 59.5 Å². The lowest BCUT2D eigenvalue weighted by molar-refractivity contribution is -0.131. The Bertz CT molecular complexity index is 654. The highest BCUT2D eigenvalue weighted by atomic mass is 79.9. The molecule has 0 unspecified atom stereocenters. The van der Waals surface area contributed by atoms with Crippen LogP contribution in [-0.4, -0.2) is 16.9 Å². The summed E-state index contributed by atoms with van der Waals surface area (Å²) in [6.07, 6.45) is 1.41. The molecule has 0 aliphatic carbocycles. The van der Waals surface area contributed by atoms with Gasteiger partial charge in [0.15, 0.2) is 0 Å². The first kappa shape index (κ1) is 15.2. The molecule has 6 heteroatoms. The predicted octanol–water partition coefficient (Wildman–Crippen LogP) is 3.45. The number of anilines is 2. The van der Waals surface area contributed by atoms with E-state index in [0.29, 0.717) is 17.3 Å². The van der Waals surface area contributed by atoms with Crippen molar-refractivity contribution in [1.82, 2.24) is 4.98 Å². The summed E-state index contributed by atoms with van der Waals surface area (Å²) in [5.41, 5.74) is 0.707. The second-order valence-corrected chi connectivity index (χ2v) is 5.19. The van der Waals surface area contributed by atoms with Crippen LogP contribution in [0, 0.1) is 0 Å². The molecule has 2 rings (SSSR count). The zero-order valence-corrected chi connectivity index (χ0v) is 13.1. The number of hydrogen-bond donors (Lipinski definition) is 0. The molecule has 0 spiro atoms. The van der Waals surface area contributed by atoms with Crippen molar-refractivity contribution >= 4 is 39.3 Å². The molecule has 108 valence electrons. The Morgan fingerprint density at radius 1 is 1.10 bits per heavy atom. The molecule has 5 nitrogen and oxygen atoms in total. The summed E-state index contributed by atoms with van der Waals surface area (Å²) in [5.74, 6) is 0.220. The molecule has 0 fully saturated rings. The van der Waals surface area contributed by atoms with Gasteiger partial charge in [0, 0.05) is 18.3 Å². The smallest absolute Gasteiger partial charge is 0.308 e. The van der Waals surface area contributed by atoms with Crippen molar-refractivity contribution in [3.05, 3.63) is 47.1 Å². The first-order valence-electron chi connectivity index (χ1n) is 6.18. The van der Waals surface area contributed by atoms with Crippen LogP contribution in [-0.2, 0) is 9.59 Å². The lowest BCUT2D eigenvalue weighted by Crippen LogP contribution is -2.23. The van der Waals surface area contributed by atoms with E-state index in [1.165, 1.54) is 24.9 Å². The molecule has 2 aromatic rings. The molecule has 0 radical (unpaired) electrons. The van der Waals surface area contributed by atoms with Gasteiger partial charge in [-0.3, -0.25) is 14.5 Å². The molecule has 0 atom stereocenters. The molecule has 0 N–H and O–H groups in total. The van der Waals surface area contributed by atoms with Gasteiger partial charge < -0.3 is 4.74 Å². The molecule has 21 heavy (non-hydrogen) atoms. The Hall–Kier alpha value is -2.21. The van der Waals surface area contributed by atoms with Crippen molar-refractivity contribution in [1.29, 1.82) is 0 Å². The number of pyridine rings is 1. The fourth-order valence-corrected chi connectivity index (χ4v) is 2.06. The number of esters is 1. The van der Waals surface area contributed by atoms with Crippen LogP contribution in [0.3, 0.4) is 0 Å². The average molecular weight is 349 g/mol. The van der Waals surface area contributed by atoms with E-state index in [9.17, 15) is 9.59 Å². The summed E-state index contributed by atoms with van der Waals surface area (Å²) in [5, 5.41) is 0. The van der Waals surface area contributed by atoms with E-state index in [0.717, 1.165) is 4.47 Å². The highest BCUT2D eigenvalue weighted by Crippen LogP contribution is 2.26. The number of amides is 1. The zero-order valence-electron chi connectivity index (χ0n) is 11.5. The molecule has 0 saturated carbocycles. The molecular weight excluding hydrogens is 336 g/mol. The largest absolute Gasteiger partial charge is 0.425 e. The van der Waals surface area contributed by atoms with Crippen LogP contribution in [0.1, 0.15) is 13.8 Å². The minimum atomic E-state index is -0.416. The molecule has 0 aliphatic heterocycles. The highest BCUT2D eigenvalue weighted by molar-refractivity contribution is 9.10. The molecule has 0 bridgehead atoms. The average Bonchev–Trinajstić information content (AvgIpc) is 2.42. The molecule has 1 aromatic heterocycles. The maximum atomic E-state index is 11.9. The van der Waals surface area contributed by atoms with E-state index in [4.69, 9.17) is 4.74 Å². The summed E-state index contributed by atoms with van der Waals surface area (Å²) < 4.78 is 5.84. The molecule has 0 saturated heterocycles. The molecule has 1 heterocycles. The number of hydrogen-bond acceptors (Lipinski definition) is 4. The van der Waals surface area contributed by atoms with Gasteiger partial charge in [0.2, 0.25) is 5.91 Å².